The van der Waals surface area contributed by atoms with Crippen molar-refractivity contribution in [2.24, 2.45) is 15.7 Å². The molecule has 1 unspecified atom stereocenters. The van der Waals surface area contributed by atoms with E-state index in [0.717, 1.165) is 49.3 Å². The fourth-order valence-corrected chi connectivity index (χ4v) is 13.2. The van der Waals surface area contributed by atoms with Crippen LogP contribution in [0.25, 0.3) is 0 Å². The SMILES string of the molecule is C=C1N[C@](C)(c2cc(N)ccc2F)CS(=O)(=O)N1C.C=C1N[C@](C)(c2cc(N=C(c3ccccc3)C(F)(F)F)ccc2F)CS(=O)(=O)N1C.CN1C(N)=N[C@](C)(c2cc(NC(c3ccccc3)C(F)(F)F)ccc2F)CS1(=O)=O. The Morgan fingerprint density at radius 1 is 0.633 bits per heavy atom. The summed E-state index contributed by atoms with van der Waals surface area (Å²) in [5, 5.41) is 8.15. The van der Waals surface area contributed by atoms with Crippen LogP contribution in [-0.2, 0) is 46.7 Å². The van der Waals surface area contributed by atoms with Gasteiger partial charge in [-0.25, -0.2) is 52.7 Å². The molecule has 0 saturated carbocycles. The van der Waals surface area contributed by atoms with Crippen molar-refractivity contribution in [3.8, 4) is 0 Å². The predicted molar refractivity (Wildman–Crippen MR) is 284 cm³/mol. The third-order valence-corrected chi connectivity index (χ3v) is 18.9. The summed E-state index contributed by atoms with van der Waals surface area (Å²) in [4.78, 5) is 7.81. The Balaban J connectivity index is 0.000000197. The summed E-state index contributed by atoms with van der Waals surface area (Å²) < 4.78 is 201. The molecule has 16 nitrogen and oxygen atoms in total. The van der Waals surface area contributed by atoms with Gasteiger partial charge in [0.2, 0.25) is 36.0 Å². The number of aliphatic imine (C=N–C) groups is 2. The van der Waals surface area contributed by atoms with Gasteiger partial charge in [0.1, 0.15) is 40.7 Å². The summed E-state index contributed by atoms with van der Waals surface area (Å²) >= 11 is 0. The topological polar surface area (TPSA) is 225 Å². The lowest BCUT2D eigenvalue weighted by Crippen LogP contribution is -2.56. The number of alkyl halides is 6. The molecule has 3 aliphatic heterocycles. The number of halogens is 9. The number of sulfonamides is 3. The van der Waals surface area contributed by atoms with E-state index in [1.807, 2.05) is 0 Å². The van der Waals surface area contributed by atoms with Crippen LogP contribution in [0.1, 0.15) is 54.6 Å². The molecule has 3 aliphatic rings. The van der Waals surface area contributed by atoms with Crippen molar-refractivity contribution in [2.75, 3.05) is 49.5 Å². The Morgan fingerprint density at radius 2 is 1.09 bits per heavy atom. The second-order valence-electron chi connectivity index (χ2n) is 19.2. The van der Waals surface area contributed by atoms with Crippen LogP contribution < -0.4 is 27.4 Å². The fraction of sp³-hybridized carbons (Fsp3) is 0.294. The first-order valence-electron chi connectivity index (χ1n) is 23.3. The van der Waals surface area contributed by atoms with Crippen LogP contribution in [0.5, 0.6) is 0 Å². The standard InChI is InChI=1S/C20H19F4N3O2S.C19H20F4N4O2S.C12H16FN3O2S/c1-13-26-19(2,12-30(28,29)27(13)3)16-11-15(9-10-17(16)21)25-18(20(22,23)24)14-7-5-4-6-8-14;1-18(11-30(28,29)27(2)17(24)26-18)14-10-13(8-9-15(14)20)25-16(19(21,22)23)12-6-4-3-5-7-12;1-8-15-12(2,7-19(17,18)16(8)3)10-6-9(14)4-5-11(10)13/h4-11,26H,1,12H2,2-3H3;3-10,16,25H,11H2,1-2H3,(H2,24,26);4-6,15H,1,7,14H2,2-3H3/t19-;16?,18-;12-/m000/s1. The van der Waals surface area contributed by atoms with Crippen LogP contribution in [0.4, 0.5) is 56.6 Å². The molecule has 4 atom stereocenters. The van der Waals surface area contributed by atoms with Crippen LogP contribution in [0, 0.1) is 17.5 Å². The molecule has 426 valence electrons. The van der Waals surface area contributed by atoms with Gasteiger partial charge in [0.25, 0.3) is 0 Å². The molecular formula is C51H55F9N10O6S3. The van der Waals surface area contributed by atoms with Gasteiger partial charge in [0.15, 0.2) is 5.71 Å². The number of benzene rings is 5. The summed E-state index contributed by atoms with van der Waals surface area (Å²) in [5.74, 6) is -3.55. The van der Waals surface area contributed by atoms with Gasteiger partial charge in [-0.3, -0.25) is 8.61 Å². The lowest BCUT2D eigenvalue weighted by molar-refractivity contribution is -0.144. The zero-order chi connectivity index (χ0) is 59.1. The van der Waals surface area contributed by atoms with Crippen LogP contribution in [0.2, 0.25) is 0 Å². The molecule has 0 amide bonds. The fourth-order valence-electron chi connectivity index (χ4n) is 8.69. The molecule has 7 N–H and O–H groups in total. The van der Waals surface area contributed by atoms with Crippen molar-refractivity contribution in [1.29, 1.82) is 0 Å². The van der Waals surface area contributed by atoms with Crippen molar-refractivity contribution >= 4 is 58.8 Å². The van der Waals surface area contributed by atoms with E-state index in [4.69, 9.17) is 11.5 Å². The van der Waals surface area contributed by atoms with Crippen molar-refractivity contribution < 1.29 is 64.8 Å². The lowest BCUT2D eigenvalue weighted by Gasteiger charge is -2.41. The highest BCUT2D eigenvalue weighted by Gasteiger charge is 2.46. The minimum atomic E-state index is -4.75. The van der Waals surface area contributed by atoms with Crippen molar-refractivity contribution in [1.82, 2.24) is 23.5 Å². The van der Waals surface area contributed by atoms with E-state index in [9.17, 15) is 64.8 Å². The van der Waals surface area contributed by atoms with E-state index in [1.165, 1.54) is 102 Å². The molecule has 8 rings (SSSR count). The Kier molecular flexibility index (Phi) is 16.9. The number of nitrogens with one attached hydrogen (secondary N) is 3. The second kappa shape index (κ2) is 22.0. The number of nitrogens with two attached hydrogens (primary N) is 2. The van der Waals surface area contributed by atoms with Gasteiger partial charge in [-0.2, -0.15) is 26.3 Å². The molecule has 2 fully saturated rings. The van der Waals surface area contributed by atoms with E-state index < -0.39 is 99.8 Å². The molecule has 5 aromatic carbocycles. The van der Waals surface area contributed by atoms with E-state index >= 15 is 0 Å². The minimum absolute atomic E-state index is 0.0220. The highest BCUT2D eigenvalue weighted by Crippen LogP contribution is 2.40. The van der Waals surface area contributed by atoms with Gasteiger partial charge in [-0.05, 0) is 80.9 Å². The van der Waals surface area contributed by atoms with Gasteiger partial charge in [0.05, 0.1) is 34.0 Å². The molecule has 79 heavy (non-hydrogen) atoms. The molecule has 0 bridgehead atoms. The zero-order valence-electron chi connectivity index (χ0n) is 43.0. The summed E-state index contributed by atoms with van der Waals surface area (Å²) in [7, 11) is -7.28. The number of anilines is 2. The van der Waals surface area contributed by atoms with Gasteiger partial charge in [-0.15, -0.1) is 0 Å². The Morgan fingerprint density at radius 3 is 1.57 bits per heavy atom. The quantitative estimate of drug-likeness (QED) is 0.0564. The van der Waals surface area contributed by atoms with E-state index in [0.29, 0.717) is 5.69 Å². The Hall–Kier alpha value is -7.46. The zero-order valence-corrected chi connectivity index (χ0v) is 45.5. The molecular weight excluding hydrogens is 1120 g/mol. The number of hydrogen-bond donors (Lipinski definition) is 5. The smallest absolute Gasteiger partial charge is 0.399 e. The lowest BCUT2D eigenvalue weighted by atomic mass is 9.92. The van der Waals surface area contributed by atoms with Gasteiger partial charge >= 0.3 is 12.4 Å². The third kappa shape index (κ3) is 13.5. The van der Waals surface area contributed by atoms with Crippen molar-refractivity contribution in [2.45, 2.75) is 55.8 Å². The maximum atomic E-state index is 14.6. The summed E-state index contributed by atoms with van der Waals surface area (Å²) in [5.41, 5.74) is 5.97. The number of guanidine groups is 1. The molecule has 2 saturated heterocycles. The van der Waals surface area contributed by atoms with Crippen LogP contribution in [-0.4, -0.2) is 101 Å². The van der Waals surface area contributed by atoms with Crippen molar-refractivity contribution in [3.05, 3.63) is 185 Å². The summed E-state index contributed by atoms with van der Waals surface area (Å²) in [6.45, 7) is 11.7. The average molecular weight is 1170 g/mol. The molecule has 0 spiro atoms. The van der Waals surface area contributed by atoms with Crippen LogP contribution in [0.15, 0.2) is 150 Å². The van der Waals surface area contributed by atoms with E-state index in [-0.39, 0.29) is 62.5 Å². The maximum Gasteiger partial charge on any atom is 0.433 e. The van der Waals surface area contributed by atoms with Crippen LogP contribution in [0.3, 0.4) is 0 Å². The first kappa shape index (κ1) is 60.8. The van der Waals surface area contributed by atoms with Gasteiger partial charge < -0.3 is 27.4 Å². The first-order chi connectivity index (χ1) is 36.3. The molecule has 28 heteroatoms. The number of nitrogens with zero attached hydrogens (tertiary/aromatic N) is 5. The number of hydrogen-bond acceptors (Lipinski definition) is 13. The van der Waals surface area contributed by atoms with Gasteiger partial charge in [-0.1, -0.05) is 73.8 Å². The second-order valence-corrected chi connectivity index (χ2v) is 25.2. The minimum Gasteiger partial charge on any atom is -0.399 e. The van der Waals surface area contributed by atoms with E-state index in [2.05, 4.69) is 39.1 Å². The highest BCUT2D eigenvalue weighted by molar-refractivity contribution is 7.90. The highest BCUT2D eigenvalue weighted by atomic mass is 32.2. The molecule has 5 aromatic rings. The van der Waals surface area contributed by atoms with E-state index in [1.54, 1.807) is 19.1 Å². The maximum absolute atomic E-state index is 14.6. The Bertz CT molecular complexity index is 3560. The third-order valence-electron chi connectivity index (χ3n) is 12.9. The van der Waals surface area contributed by atoms with Crippen LogP contribution >= 0.6 is 0 Å². The Labute approximate surface area is 451 Å². The van der Waals surface area contributed by atoms with Gasteiger partial charge in [0, 0.05) is 54.8 Å². The largest absolute Gasteiger partial charge is 0.433 e. The van der Waals surface area contributed by atoms with Crippen molar-refractivity contribution in [3.63, 3.8) is 0 Å². The molecule has 3 heterocycles. The summed E-state index contributed by atoms with van der Waals surface area (Å²) in [6, 6.07) is 22.7. The normalized spacial score (nSPS) is 23.1. The first-order valence-corrected chi connectivity index (χ1v) is 28.1. The average Bonchev–Trinajstić information content (AvgIpc) is 3.53. The number of rotatable bonds is 8. The molecule has 0 radical (unpaired) electrons. The number of nitrogen functional groups attached to an aromatic ring is 1. The summed E-state index contributed by atoms with van der Waals surface area (Å²) in [6.07, 6.45) is -9.37. The monoisotopic (exact) mass is 1170 g/mol. The predicted octanol–water partition coefficient (Wildman–Crippen LogP) is 8.37. The molecule has 0 aromatic heterocycles. The molecule has 0 aliphatic carbocycles.